The van der Waals surface area contributed by atoms with Gasteiger partial charge in [-0.2, -0.15) is 0 Å². The lowest BCUT2D eigenvalue weighted by Gasteiger charge is -2.10. The third-order valence-electron chi connectivity index (χ3n) is 3.74. The first-order valence-electron chi connectivity index (χ1n) is 7.55. The largest absolute Gasteiger partial charge is 0.349 e. The minimum atomic E-state index is -3.93. The van der Waals surface area contributed by atoms with Crippen molar-refractivity contribution in [3.63, 3.8) is 0 Å². The topological polar surface area (TPSA) is 75.3 Å². The van der Waals surface area contributed by atoms with Crippen molar-refractivity contribution in [2.75, 3.05) is 4.72 Å². The van der Waals surface area contributed by atoms with Crippen LogP contribution in [0.2, 0.25) is 0 Å². The molecule has 126 valence electrons. The highest BCUT2D eigenvalue weighted by Crippen LogP contribution is 2.21. The van der Waals surface area contributed by atoms with Crippen molar-refractivity contribution in [1.82, 2.24) is 5.32 Å². The van der Waals surface area contributed by atoms with Gasteiger partial charge < -0.3 is 5.32 Å². The number of halogens is 1. The van der Waals surface area contributed by atoms with E-state index in [1.807, 2.05) is 0 Å². The highest BCUT2D eigenvalue weighted by molar-refractivity contribution is 7.92. The molecule has 24 heavy (non-hydrogen) atoms. The zero-order valence-corrected chi connectivity index (χ0v) is 13.9. The lowest BCUT2D eigenvalue weighted by molar-refractivity contribution is 0.0951. The quantitative estimate of drug-likeness (QED) is 0.872. The standard InChI is InChI=1S/C17H17FN2O3S/c1-11-5-8-15(10-16(11)18)24(22,23)20-14-4-2-3-12(9-14)17(21)19-13-6-7-13/h2-5,8-10,13,20H,6-7H2,1H3,(H,19,21). The zero-order valence-electron chi connectivity index (χ0n) is 13.0. The predicted octanol–water partition coefficient (Wildman–Crippen LogP) is 2.83. The van der Waals surface area contributed by atoms with Crippen LogP contribution < -0.4 is 10.0 Å². The van der Waals surface area contributed by atoms with E-state index in [2.05, 4.69) is 10.0 Å². The van der Waals surface area contributed by atoms with E-state index in [4.69, 9.17) is 0 Å². The molecule has 0 heterocycles. The molecule has 0 aromatic heterocycles. The summed E-state index contributed by atoms with van der Waals surface area (Å²) in [5.74, 6) is -0.824. The Balaban J connectivity index is 1.81. The molecule has 0 spiro atoms. The second kappa shape index (κ2) is 6.24. The summed E-state index contributed by atoms with van der Waals surface area (Å²) in [5.41, 5.74) is 0.990. The fourth-order valence-electron chi connectivity index (χ4n) is 2.18. The van der Waals surface area contributed by atoms with Gasteiger partial charge in [-0.1, -0.05) is 12.1 Å². The van der Waals surface area contributed by atoms with E-state index in [1.54, 1.807) is 19.1 Å². The van der Waals surface area contributed by atoms with Crippen molar-refractivity contribution in [2.24, 2.45) is 0 Å². The number of rotatable bonds is 5. The molecule has 7 heteroatoms. The van der Waals surface area contributed by atoms with Crippen molar-refractivity contribution >= 4 is 21.6 Å². The van der Waals surface area contributed by atoms with Gasteiger partial charge in [0.1, 0.15) is 5.82 Å². The summed E-state index contributed by atoms with van der Waals surface area (Å²) in [6.45, 7) is 1.56. The summed E-state index contributed by atoms with van der Waals surface area (Å²) in [6.07, 6.45) is 1.94. The molecule has 2 aromatic carbocycles. The zero-order chi connectivity index (χ0) is 17.3. The van der Waals surface area contributed by atoms with Crippen LogP contribution in [0.1, 0.15) is 28.8 Å². The Kier molecular flexibility index (Phi) is 4.28. The summed E-state index contributed by atoms with van der Waals surface area (Å²) in [7, 11) is -3.93. The van der Waals surface area contributed by atoms with Gasteiger partial charge in [-0.25, -0.2) is 12.8 Å². The highest BCUT2D eigenvalue weighted by atomic mass is 32.2. The van der Waals surface area contributed by atoms with Gasteiger partial charge in [0.25, 0.3) is 15.9 Å². The number of amides is 1. The van der Waals surface area contributed by atoms with E-state index in [-0.39, 0.29) is 22.5 Å². The molecule has 0 aliphatic heterocycles. The molecular formula is C17H17FN2O3S. The van der Waals surface area contributed by atoms with E-state index in [0.29, 0.717) is 11.1 Å². The van der Waals surface area contributed by atoms with Crippen LogP contribution in [0.4, 0.5) is 10.1 Å². The van der Waals surface area contributed by atoms with Crippen LogP contribution in [0, 0.1) is 12.7 Å². The molecule has 0 bridgehead atoms. The van der Waals surface area contributed by atoms with Crippen LogP contribution >= 0.6 is 0 Å². The molecule has 0 radical (unpaired) electrons. The van der Waals surface area contributed by atoms with Gasteiger partial charge in [0.2, 0.25) is 0 Å². The Morgan fingerprint density at radius 2 is 1.92 bits per heavy atom. The molecule has 2 N–H and O–H groups in total. The van der Waals surface area contributed by atoms with Crippen LogP contribution in [-0.4, -0.2) is 20.4 Å². The summed E-state index contributed by atoms with van der Waals surface area (Å²) in [5, 5.41) is 2.84. The van der Waals surface area contributed by atoms with Gasteiger partial charge in [-0.3, -0.25) is 9.52 Å². The van der Waals surface area contributed by atoms with Crippen LogP contribution in [-0.2, 0) is 10.0 Å². The Bertz CT molecular complexity index is 892. The maximum atomic E-state index is 13.6. The van der Waals surface area contributed by atoms with Crippen LogP contribution in [0.25, 0.3) is 0 Å². The van der Waals surface area contributed by atoms with Gasteiger partial charge in [-0.15, -0.1) is 0 Å². The molecule has 1 fully saturated rings. The smallest absolute Gasteiger partial charge is 0.261 e. The predicted molar refractivity (Wildman–Crippen MR) is 88.9 cm³/mol. The molecule has 0 atom stereocenters. The molecule has 5 nitrogen and oxygen atoms in total. The van der Waals surface area contributed by atoms with Gasteiger partial charge >= 0.3 is 0 Å². The van der Waals surface area contributed by atoms with Crippen LogP contribution in [0.5, 0.6) is 0 Å². The summed E-state index contributed by atoms with van der Waals surface area (Å²) < 4.78 is 40.7. The first kappa shape index (κ1) is 16.4. The minimum Gasteiger partial charge on any atom is -0.349 e. The number of nitrogens with one attached hydrogen (secondary N) is 2. The third kappa shape index (κ3) is 3.73. The normalized spacial score (nSPS) is 14.2. The minimum absolute atomic E-state index is 0.168. The summed E-state index contributed by atoms with van der Waals surface area (Å²) in [6, 6.07) is 10.1. The van der Waals surface area contributed by atoms with Crippen molar-refractivity contribution in [2.45, 2.75) is 30.7 Å². The van der Waals surface area contributed by atoms with Gasteiger partial charge in [0, 0.05) is 17.3 Å². The average molecular weight is 348 g/mol. The third-order valence-corrected chi connectivity index (χ3v) is 5.12. The van der Waals surface area contributed by atoms with E-state index in [0.717, 1.165) is 18.9 Å². The molecular weight excluding hydrogens is 331 g/mol. The number of anilines is 1. The fourth-order valence-corrected chi connectivity index (χ4v) is 3.24. The number of carbonyl (C=O) groups is 1. The SMILES string of the molecule is Cc1ccc(S(=O)(=O)Nc2cccc(C(=O)NC3CC3)c2)cc1F. The fraction of sp³-hybridized carbons (Fsp3) is 0.235. The monoisotopic (exact) mass is 348 g/mol. The molecule has 1 aliphatic carbocycles. The molecule has 1 amide bonds. The number of benzene rings is 2. The van der Waals surface area contributed by atoms with Crippen molar-refractivity contribution in [3.05, 3.63) is 59.4 Å². The molecule has 3 rings (SSSR count). The lowest BCUT2D eigenvalue weighted by atomic mass is 10.2. The van der Waals surface area contributed by atoms with Crippen molar-refractivity contribution < 1.29 is 17.6 Å². The number of aryl methyl sites for hydroxylation is 1. The van der Waals surface area contributed by atoms with Gasteiger partial charge in [0.15, 0.2) is 0 Å². The van der Waals surface area contributed by atoms with E-state index >= 15 is 0 Å². The van der Waals surface area contributed by atoms with Crippen LogP contribution in [0.15, 0.2) is 47.4 Å². The van der Waals surface area contributed by atoms with Crippen molar-refractivity contribution in [1.29, 1.82) is 0 Å². The number of hydrogen-bond donors (Lipinski definition) is 2. The number of carbonyl (C=O) groups excluding carboxylic acids is 1. The molecule has 1 aliphatic rings. The molecule has 0 unspecified atom stereocenters. The maximum absolute atomic E-state index is 13.6. The second-order valence-corrected chi connectivity index (χ2v) is 7.53. The van der Waals surface area contributed by atoms with Crippen LogP contribution in [0.3, 0.4) is 0 Å². The average Bonchev–Trinajstić information content (AvgIpc) is 3.33. The first-order chi connectivity index (χ1) is 11.3. The van der Waals surface area contributed by atoms with Gasteiger partial charge in [0.05, 0.1) is 4.90 Å². The van der Waals surface area contributed by atoms with E-state index < -0.39 is 15.8 Å². The number of sulfonamides is 1. The molecule has 1 saturated carbocycles. The van der Waals surface area contributed by atoms with E-state index in [9.17, 15) is 17.6 Å². The Hall–Kier alpha value is -2.41. The number of hydrogen-bond acceptors (Lipinski definition) is 3. The molecule has 0 saturated heterocycles. The highest BCUT2D eigenvalue weighted by Gasteiger charge is 2.24. The van der Waals surface area contributed by atoms with Gasteiger partial charge in [-0.05, 0) is 55.7 Å². The maximum Gasteiger partial charge on any atom is 0.261 e. The van der Waals surface area contributed by atoms with Crippen molar-refractivity contribution in [3.8, 4) is 0 Å². The second-order valence-electron chi connectivity index (χ2n) is 5.85. The Labute approximate surface area is 139 Å². The summed E-state index contributed by atoms with van der Waals surface area (Å²) in [4.78, 5) is 11.9. The Morgan fingerprint density at radius 1 is 1.17 bits per heavy atom. The van der Waals surface area contributed by atoms with E-state index in [1.165, 1.54) is 24.3 Å². The first-order valence-corrected chi connectivity index (χ1v) is 9.03. The molecule has 2 aromatic rings. The summed E-state index contributed by atoms with van der Waals surface area (Å²) >= 11 is 0. The lowest BCUT2D eigenvalue weighted by Crippen LogP contribution is -2.25. The Morgan fingerprint density at radius 3 is 2.58 bits per heavy atom.